The molecule has 5 aromatic rings. The SMILES string of the molecule is CCOc1nc2c(Cl)cccc2n1Cc1ccc2c(c1)COc1ccccc1/C2=C(/C)c1noc(=O)[nH]1. The van der Waals surface area contributed by atoms with Gasteiger partial charge in [-0.05, 0) is 60.4 Å². The highest BCUT2D eigenvalue weighted by Crippen LogP contribution is 2.40. The molecule has 1 aliphatic heterocycles. The molecule has 3 aromatic carbocycles. The minimum atomic E-state index is -0.596. The molecule has 0 amide bonds. The molecule has 0 bridgehead atoms. The molecular formula is C28H23ClN4O4. The number of nitrogens with one attached hydrogen (secondary N) is 1. The Hall–Kier alpha value is -4.30. The molecule has 186 valence electrons. The van der Waals surface area contributed by atoms with Crippen molar-refractivity contribution in [3.05, 3.63) is 104 Å². The number of rotatable bonds is 5. The van der Waals surface area contributed by atoms with Crippen LogP contribution in [0.2, 0.25) is 5.02 Å². The molecule has 0 atom stereocenters. The van der Waals surface area contributed by atoms with Crippen molar-refractivity contribution < 1.29 is 14.0 Å². The molecule has 9 heteroatoms. The fourth-order valence-corrected chi connectivity index (χ4v) is 5.00. The summed E-state index contributed by atoms with van der Waals surface area (Å²) >= 11 is 6.41. The monoisotopic (exact) mass is 514 g/mol. The molecule has 1 N–H and O–H groups in total. The zero-order valence-electron chi connectivity index (χ0n) is 20.2. The second-order valence-corrected chi connectivity index (χ2v) is 9.15. The Balaban J connectivity index is 1.48. The lowest BCUT2D eigenvalue weighted by Crippen LogP contribution is -2.06. The summed E-state index contributed by atoms with van der Waals surface area (Å²) in [5, 5.41) is 4.51. The molecule has 0 fully saturated rings. The van der Waals surface area contributed by atoms with Crippen molar-refractivity contribution in [2.75, 3.05) is 6.61 Å². The van der Waals surface area contributed by atoms with E-state index in [0.29, 0.717) is 42.1 Å². The van der Waals surface area contributed by atoms with Crippen LogP contribution in [0.3, 0.4) is 0 Å². The van der Waals surface area contributed by atoms with Gasteiger partial charge in [-0.3, -0.25) is 14.1 Å². The van der Waals surface area contributed by atoms with Crippen LogP contribution in [-0.4, -0.2) is 26.3 Å². The Bertz CT molecular complexity index is 1730. The molecular weight excluding hydrogens is 492 g/mol. The summed E-state index contributed by atoms with van der Waals surface area (Å²) in [7, 11) is 0. The first-order valence-corrected chi connectivity index (χ1v) is 12.3. The standard InChI is InChI=1S/C28H23ClN4O4/c1-3-35-27-30-25-21(29)8-6-9-22(25)33(27)14-17-11-12-19-18(13-17)15-36-23-10-5-4-7-20(23)24(19)16(2)26-31-28(34)37-32-26/h4-13H,3,14-15H2,1-2H3,(H,31,32,34)/b24-16-. The van der Waals surface area contributed by atoms with Crippen LogP contribution >= 0.6 is 11.6 Å². The van der Waals surface area contributed by atoms with Crippen LogP contribution in [0.15, 0.2) is 70.0 Å². The minimum Gasteiger partial charge on any atom is -0.488 e. The number of fused-ring (bicyclic) bond motifs is 3. The smallest absolute Gasteiger partial charge is 0.439 e. The van der Waals surface area contributed by atoms with E-state index in [1.54, 1.807) is 0 Å². The zero-order valence-corrected chi connectivity index (χ0v) is 21.0. The van der Waals surface area contributed by atoms with Gasteiger partial charge in [0.15, 0.2) is 5.82 Å². The van der Waals surface area contributed by atoms with Crippen LogP contribution in [0.1, 0.15) is 41.9 Å². The molecule has 37 heavy (non-hydrogen) atoms. The molecule has 0 radical (unpaired) electrons. The number of benzene rings is 3. The average Bonchev–Trinajstić information content (AvgIpc) is 3.44. The highest BCUT2D eigenvalue weighted by Gasteiger charge is 2.24. The number of hydrogen-bond donors (Lipinski definition) is 1. The van der Waals surface area contributed by atoms with Crippen LogP contribution in [0.5, 0.6) is 11.8 Å². The molecule has 0 saturated heterocycles. The molecule has 0 unspecified atom stereocenters. The van der Waals surface area contributed by atoms with Gasteiger partial charge in [-0.2, -0.15) is 4.98 Å². The number of aromatic amines is 1. The third-order valence-corrected chi connectivity index (χ3v) is 6.76. The topological polar surface area (TPSA) is 95.2 Å². The van der Waals surface area contributed by atoms with Crippen molar-refractivity contribution in [1.82, 2.24) is 19.7 Å². The van der Waals surface area contributed by atoms with E-state index in [-0.39, 0.29) is 0 Å². The van der Waals surface area contributed by atoms with Crippen molar-refractivity contribution >= 4 is 33.8 Å². The summed E-state index contributed by atoms with van der Waals surface area (Å²) in [5.41, 5.74) is 7.31. The summed E-state index contributed by atoms with van der Waals surface area (Å²) in [4.78, 5) is 19.0. The van der Waals surface area contributed by atoms with E-state index < -0.39 is 5.76 Å². The summed E-state index contributed by atoms with van der Waals surface area (Å²) in [5.74, 6) is 0.547. The van der Waals surface area contributed by atoms with E-state index in [9.17, 15) is 4.79 Å². The van der Waals surface area contributed by atoms with Gasteiger partial charge in [0.25, 0.3) is 6.01 Å². The first-order valence-electron chi connectivity index (χ1n) is 11.9. The quantitative estimate of drug-likeness (QED) is 0.324. The molecule has 1 aliphatic rings. The number of aromatic nitrogens is 4. The second-order valence-electron chi connectivity index (χ2n) is 8.74. The Morgan fingerprint density at radius 2 is 2.00 bits per heavy atom. The summed E-state index contributed by atoms with van der Waals surface area (Å²) < 4.78 is 18.9. The van der Waals surface area contributed by atoms with Gasteiger partial charge in [0.05, 0.1) is 23.7 Å². The number of allylic oxidation sites excluding steroid dienone is 1. The second kappa shape index (κ2) is 9.29. The molecule has 3 heterocycles. The average molecular weight is 515 g/mol. The molecule has 0 spiro atoms. The zero-order chi connectivity index (χ0) is 25.5. The number of hydrogen-bond acceptors (Lipinski definition) is 6. The predicted octanol–water partition coefficient (Wildman–Crippen LogP) is 5.68. The number of halogens is 1. The lowest BCUT2D eigenvalue weighted by atomic mass is 9.89. The third kappa shape index (κ3) is 4.09. The van der Waals surface area contributed by atoms with Crippen molar-refractivity contribution in [3.63, 3.8) is 0 Å². The van der Waals surface area contributed by atoms with Gasteiger partial charge < -0.3 is 9.47 Å². The Labute approximate surface area is 217 Å². The van der Waals surface area contributed by atoms with Gasteiger partial charge in [0.1, 0.15) is 17.9 Å². The largest absolute Gasteiger partial charge is 0.488 e. The van der Waals surface area contributed by atoms with Crippen molar-refractivity contribution in [2.45, 2.75) is 27.0 Å². The number of H-pyrrole nitrogens is 1. The van der Waals surface area contributed by atoms with Gasteiger partial charge in [0.2, 0.25) is 0 Å². The molecule has 8 nitrogen and oxygen atoms in total. The van der Waals surface area contributed by atoms with E-state index in [1.807, 2.05) is 60.9 Å². The van der Waals surface area contributed by atoms with Gasteiger partial charge in [-0.15, -0.1) is 0 Å². The van der Waals surface area contributed by atoms with E-state index in [4.69, 9.17) is 25.6 Å². The molecule has 0 saturated carbocycles. The molecule has 2 aromatic heterocycles. The first-order chi connectivity index (χ1) is 18.0. The Kier molecular flexibility index (Phi) is 5.81. The highest BCUT2D eigenvalue weighted by atomic mass is 35.5. The maximum Gasteiger partial charge on any atom is 0.439 e. The number of nitrogens with zero attached hydrogens (tertiary/aromatic N) is 3. The summed E-state index contributed by atoms with van der Waals surface area (Å²) in [6, 6.07) is 20.4. The van der Waals surface area contributed by atoms with E-state index in [2.05, 4.69) is 33.3 Å². The predicted molar refractivity (Wildman–Crippen MR) is 141 cm³/mol. The van der Waals surface area contributed by atoms with Crippen molar-refractivity contribution in [2.24, 2.45) is 0 Å². The third-order valence-electron chi connectivity index (χ3n) is 6.46. The van der Waals surface area contributed by atoms with E-state index in [0.717, 1.165) is 44.7 Å². The van der Waals surface area contributed by atoms with E-state index >= 15 is 0 Å². The lowest BCUT2D eigenvalue weighted by Gasteiger charge is -2.15. The van der Waals surface area contributed by atoms with Crippen LogP contribution in [0.4, 0.5) is 0 Å². The maximum atomic E-state index is 11.7. The van der Waals surface area contributed by atoms with Gasteiger partial charge in [-0.1, -0.05) is 53.2 Å². The van der Waals surface area contributed by atoms with Gasteiger partial charge >= 0.3 is 5.76 Å². The fourth-order valence-electron chi connectivity index (χ4n) is 4.79. The maximum absolute atomic E-state index is 11.7. The first kappa shape index (κ1) is 23.1. The van der Waals surface area contributed by atoms with Crippen molar-refractivity contribution in [1.29, 1.82) is 0 Å². The highest BCUT2D eigenvalue weighted by molar-refractivity contribution is 6.34. The lowest BCUT2D eigenvalue weighted by molar-refractivity contribution is 0.301. The number of ether oxygens (including phenoxy) is 2. The summed E-state index contributed by atoms with van der Waals surface area (Å²) in [6.45, 7) is 5.27. The molecule has 0 aliphatic carbocycles. The number of para-hydroxylation sites is 2. The Morgan fingerprint density at radius 3 is 2.81 bits per heavy atom. The number of imidazole rings is 1. The Morgan fingerprint density at radius 1 is 1.14 bits per heavy atom. The van der Waals surface area contributed by atoms with Crippen LogP contribution in [0.25, 0.3) is 22.2 Å². The molecule has 6 rings (SSSR count). The normalized spacial score (nSPS) is 14.0. The van der Waals surface area contributed by atoms with Gasteiger partial charge in [0, 0.05) is 11.1 Å². The minimum absolute atomic E-state index is 0.384. The van der Waals surface area contributed by atoms with Crippen molar-refractivity contribution in [3.8, 4) is 11.8 Å². The van der Waals surface area contributed by atoms with Crippen LogP contribution in [-0.2, 0) is 13.2 Å². The fraction of sp³-hybridized carbons (Fsp3) is 0.179. The van der Waals surface area contributed by atoms with Gasteiger partial charge in [-0.25, -0.2) is 4.79 Å². The van der Waals surface area contributed by atoms with Crippen LogP contribution in [0, 0.1) is 0 Å². The van der Waals surface area contributed by atoms with E-state index in [1.165, 1.54) is 0 Å². The summed E-state index contributed by atoms with van der Waals surface area (Å²) in [6.07, 6.45) is 0. The van der Waals surface area contributed by atoms with Crippen LogP contribution < -0.4 is 15.2 Å².